The van der Waals surface area contributed by atoms with Gasteiger partial charge in [0.05, 0.1) is 23.9 Å². The molecule has 0 bridgehead atoms. The number of anilines is 1. The second-order valence-electron chi connectivity index (χ2n) is 10.4. The van der Waals surface area contributed by atoms with E-state index in [0.29, 0.717) is 5.56 Å². The minimum atomic E-state index is -0.440. The molecule has 0 saturated carbocycles. The number of amides is 1. The highest BCUT2D eigenvalue weighted by molar-refractivity contribution is 5.94. The lowest BCUT2D eigenvalue weighted by Crippen LogP contribution is -2.42. The van der Waals surface area contributed by atoms with Crippen LogP contribution in [-0.4, -0.2) is 51.0 Å². The Morgan fingerprint density at radius 2 is 1.79 bits per heavy atom. The fourth-order valence-corrected chi connectivity index (χ4v) is 5.40. The number of aryl methyl sites for hydroxylation is 1. The van der Waals surface area contributed by atoms with Crippen LogP contribution < -0.4 is 15.4 Å². The van der Waals surface area contributed by atoms with Crippen LogP contribution in [0.3, 0.4) is 0 Å². The van der Waals surface area contributed by atoms with Crippen LogP contribution in [0.25, 0.3) is 33.5 Å². The molecular weight excluding hydrogens is 490 g/mol. The summed E-state index contributed by atoms with van der Waals surface area (Å²) in [7, 11) is 1.68. The number of aromatic nitrogens is 5. The van der Waals surface area contributed by atoms with E-state index in [9.17, 15) is 4.79 Å². The predicted octanol–water partition coefficient (Wildman–Crippen LogP) is 4.99. The van der Waals surface area contributed by atoms with Crippen LogP contribution in [-0.2, 0) is 5.41 Å². The number of benzene rings is 2. The van der Waals surface area contributed by atoms with Crippen LogP contribution in [0.5, 0.6) is 5.75 Å². The number of piperidine rings is 1. The fourth-order valence-electron chi connectivity index (χ4n) is 5.40. The number of primary amides is 1. The Morgan fingerprint density at radius 3 is 2.51 bits per heavy atom. The van der Waals surface area contributed by atoms with Crippen molar-refractivity contribution in [2.24, 2.45) is 5.73 Å². The average Bonchev–Trinajstić information content (AvgIpc) is 3.58. The maximum absolute atomic E-state index is 11.4. The molecule has 1 aliphatic rings. The number of fused-ring (bicyclic) bond motifs is 1. The molecule has 0 atom stereocenters. The number of aromatic amines is 2. The summed E-state index contributed by atoms with van der Waals surface area (Å²) in [5.74, 6) is 2.33. The van der Waals surface area contributed by atoms with E-state index in [1.807, 2.05) is 30.3 Å². The van der Waals surface area contributed by atoms with Crippen LogP contribution in [0.15, 0.2) is 60.9 Å². The first-order chi connectivity index (χ1) is 18.8. The molecule has 1 aliphatic heterocycles. The van der Waals surface area contributed by atoms with Crippen molar-refractivity contribution in [2.45, 2.75) is 32.1 Å². The molecule has 9 heteroatoms. The SMILES string of the molecule is COc1cccc(-c2[nH]c(C3(C)CCN(c4ncnc5[nH]c(-c6ccc(C(N)=O)cc6)cc45)CC3)nc2C)c1. The molecule has 6 rings (SSSR count). The number of nitrogens with zero attached hydrogens (tertiary/aromatic N) is 4. The highest BCUT2D eigenvalue weighted by Gasteiger charge is 2.36. The molecule has 5 aromatic rings. The van der Waals surface area contributed by atoms with Crippen molar-refractivity contribution in [1.82, 2.24) is 24.9 Å². The summed E-state index contributed by atoms with van der Waals surface area (Å²) >= 11 is 0. The van der Waals surface area contributed by atoms with E-state index < -0.39 is 5.91 Å². The zero-order chi connectivity index (χ0) is 27.1. The van der Waals surface area contributed by atoms with E-state index in [1.54, 1.807) is 25.6 Å². The number of H-pyrrole nitrogens is 2. The van der Waals surface area contributed by atoms with Crippen LogP contribution >= 0.6 is 0 Å². The maximum Gasteiger partial charge on any atom is 0.248 e. The number of ether oxygens (including phenoxy) is 1. The van der Waals surface area contributed by atoms with Crippen molar-refractivity contribution in [3.05, 3.63) is 78.0 Å². The van der Waals surface area contributed by atoms with Crippen molar-refractivity contribution in [3.8, 4) is 28.3 Å². The molecule has 0 aliphatic carbocycles. The molecule has 0 unspecified atom stereocenters. The van der Waals surface area contributed by atoms with E-state index in [0.717, 1.165) is 82.6 Å². The maximum atomic E-state index is 11.4. The van der Waals surface area contributed by atoms with Crippen LogP contribution in [0, 0.1) is 6.92 Å². The van der Waals surface area contributed by atoms with Crippen molar-refractivity contribution < 1.29 is 9.53 Å². The molecule has 3 aromatic heterocycles. The molecule has 4 N–H and O–H groups in total. The van der Waals surface area contributed by atoms with Gasteiger partial charge in [0.1, 0.15) is 29.4 Å². The van der Waals surface area contributed by atoms with Crippen molar-refractivity contribution >= 4 is 22.8 Å². The number of carbonyl (C=O) groups excluding carboxylic acids is 1. The first kappa shape index (κ1) is 24.7. The third kappa shape index (κ3) is 4.50. The average molecular weight is 522 g/mol. The number of nitrogens with two attached hydrogens (primary N) is 1. The Hall–Kier alpha value is -4.66. The van der Waals surface area contributed by atoms with Gasteiger partial charge >= 0.3 is 0 Å². The number of rotatable bonds is 6. The zero-order valence-corrected chi connectivity index (χ0v) is 22.3. The monoisotopic (exact) mass is 521 g/mol. The van der Waals surface area contributed by atoms with Crippen LogP contribution in [0.1, 0.15) is 41.6 Å². The third-order valence-electron chi connectivity index (χ3n) is 7.87. The first-order valence-electron chi connectivity index (χ1n) is 13.0. The number of carbonyl (C=O) groups is 1. The topological polar surface area (TPSA) is 126 Å². The number of nitrogens with one attached hydrogen (secondary N) is 2. The number of hydrogen-bond donors (Lipinski definition) is 3. The molecule has 1 saturated heterocycles. The molecule has 2 aromatic carbocycles. The second kappa shape index (κ2) is 9.58. The minimum Gasteiger partial charge on any atom is -0.497 e. The summed E-state index contributed by atoms with van der Waals surface area (Å²) in [6.45, 7) is 6.04. The van der Waals surface area contributed by atoms with Gasteiger partial charge in [0, 0.05) is 35.3 Å². The van der Waals surface area contributed by atoms with Gasteiger partial charge in [-0.25, -0.2) is 15.0 Å². The first-order valence-corrected chi connectivity index (χ1v) is 13.0. The normalized spacial score (nSPS) is 15.0. The van der Waals surface area contributed by atoms with E-state index in [-0.39, 0.29) is 5.41 Å². The van der Waals surface area contributed by atoms with Gasteiger partial charge in [0.15, 0.2) is 0 Å². The molecule has 1 amide bonds. The summed E-state index contributed by atoms with van der Waals surface area (Å²) < 4.78 is 5.41. The van der Waals surface area contributed by atoms with Gasteiger partial charge in [-0.05, 0) is 55.7 Å². The van der Waals surface area contributed by atoms with Crippen molar-refractivity contribution in [2.75, 3.05) is 25.1 Å². The highest BCUT2D eigenvalue weighted by Crippen LogP contribution is 2.38. The molecule has 0 spiro atoms. The molecule has 1 fully saturated rings. The molecule has 0 radical (unpaired) electrons. The summed E-state index contributed by atoms with van der Waals surface area (Å²) in [5, 5.41) is 0.976. The molecule has 9 nitrogen and oxygen atoms in total. The Morgan fingerprint density at radius 1 is 1.03 bits per heavy atom. The van der Waals surface area contributed by atoms with Gasteiger partial charge in [-0.2, -0.15) is 0 Å². The summed E-state index contributed by atoms with van der Waals surface area (Å²) in [6.07, 6.45) is 3.49. The van der Waals surface area contributed by atoms with Gasteiger partial charge < -0.3 is 25.3 Å². The molecular formula is C30H31N7O2. The van der Waals surface area contributed by atoms with Crippen molar-refractivity contribution in [3.63, 3.8) is 0 Å². The second-order valence-corrected chi connectivity index (χ2v) is 10.4. The minimum absolute atomic E-state index is 0.0734. The standard InChI is InChI=1S/C30H31N7O2/c1-18-25(21-5-4-6-22(15-21)39-3)36-29(34-18)30(2)11-13-37(14-12-30)28-23-16-24(35-27(23)32-17-33-28)19-7-9-20(10-8-19)26(31)38/h4-10,15-17H,11-14H2,1-3H3,(H2,31,38)(H,34,36)(H,32,33,35). The van der Waals surface area contributed by atoms with E-state index >= 15 is 0 Å². The largest absolute Gasteiger partial charge is 0.497 e. The van der Waals surface area contributed by atoms with Crippen LogP contribution in [0.2, 0.25) is 0 Å². The zero-order valence-electron chi connectivity index (χ0n) is 22.3. The summed E-state index contributed by atoms with van der Waals surface area (Å²) in [4.78, 5) is 34.9. The Kier molecular flexibility index (Phi) is 6.06. The predicted molar refractivity (Wildman–Crippen MR) is 152 cm³/mol. The summed E-state index contributed by atoms with van der Waals surface area (Å²) in [5.41, 5.74) is 11.5. The lowest BCUT2D eigenvalue weighted by atomic mass is 9.79. The van der Waals surface area contributed by atoms with Gasteiger partial charge in [-0.15, -0.1) is 0 Å². The highest BCUT2D eigenvalue weighted by atomic mass is 16.5. The van der Waals surface area contributed by atoms with Gasteiger partial charge in [0.25, 0.3) is 0 Å². The van der Waals surface area contributed by atoms with Gasteiger partial charge in [0.2, 0.25) is 5.91 Å². The van der Waals surface area contributed by atoms with E-state index in [2.05, 4.69) is 50.8 Å². The Balaban J connectivity index is 1.23. The molecule has 4 heterocycles. The van der Waals surface area contributed by atoms with Gasteiger partial charge in [-0.1, -0.05) is 31.2 Å². The van der Waals surface area contributed by atoms with Gasteiger partial charge in [-0.3, -0.25) is 4.79 Å². The van der Waals surface area contributed by atoms with E-state index in [4.69, 9.17) is 15.5 Å². The lowest BCUT2D eigenvalue weighted by molar-refractivity contribution is 0.100. The lowest BCUT2D eigenvalue weighted by Gasteiger charge is -2.38. The number of imidazole rings is 1. The quantitative estimate of drug-likeness (QED) is 0.289. The van der Waals surface area contributed by atoms with E-state index in [1.165, 1.54) is 0 Å². The Labute approximate surface area is 226 Å². The Bertz CT molecular complexity index is 1660. The number of hydrogen-bond acceptors (Lipinski definition) is 6. The molecule has 39 heavy (non-hydrogen) atoms. The third-order valence-corrected chi connectivity index (χ3v) is 7.87. The van der Waals surface area contributed by atoms with Crippen LogP contribution in [0.4, 0.5) is 5.82 Å². The number of methoxy groups -OCH3 is 1. The fraction of sp³-hybridized carbons (Fsp3) is 0.267. The smallest absolute Gasteiger partial charge is 0.248 e. The summed E-state index contributed by atoms with van der Waals surface area (Å²) in [6, 6.07) is 17.4. The van der Waals surface area contributed by atoms with Crippen molar-refractivity contribution in [1.29, 1.82) is 0 Å². The molecule has 198 valence electrons.